The summed E-state index contributed by atoms with van der Waals surface area (Å²) in [7, 11) is 0. The van der Waals surface area contributed by atoms with Gasteiger partial charge in [0.2, 0.25) is 5.91 Å². The second-order valence-electron chi connectivity index (χ2n) is 4.83. The molecule has 0 fully saturated rings. The van der Waals surface area contributed by atoms with Gasteiger partial charge in [0, 0.05) is 18.7 Å². The minimum atomic E-state index is -0.156. The first-order valence-corrected chi connectivity index (χ1v) is 6.14. The quantitative estimate of drug-likeness (QED) is 0.860. The Morgan fingerprint density at radius 3 is 2.11 bits per heavy atom. The molecule has 0 unspecified atom stereocenters. The van der Waals surface area contributed by atoms with E-state index in [1.165, 1.54) is 24.1 Å². The molecule has 0 aromatic heterocycles. The summed E-state index contributed by atoms with van der Waals surface area (Å²) < 4.78 is 0. The van der Waals surface area contributed by atoms with Crippen molar-refractivity contribution in [2.75, 3.05) is 5.32 Å². The molecule has 0 heterocycles. The van der Waals surface area contributed by atoms with Crippen molar-refractivity contribution in [3.8, 4) is 16.9 Å². The van der Waals surface area contributed by atoms with Crippen molar-refractivity contribution in [2.24, 2.45) is 0 Å². The summed E-state index contributed by atoms with van der Waals surface area (Å²) in [6.07, 6.45) is 0. The second-order valence-corrected chi connectivity index (χ2v) is 4.83. The Balaban J connectivity index is 2.49. The van der Waals surface area contributed by atoms with Crippen LogP contribution in [0.2, 0.25) is 0 Å². The lowest BCUT2D eigenvalue weighted by molar-refractivity contribution is -0.114. The van der Waals surface area contributed by atoms with Crippen LogP contribution in [0.4, 0.5) is 5.69 Å². The summed E-state index contributed by atoms with van der Waals surface area (Å²) in [4.78, 5) is 11.1. The van der Waals surface area contributed by atoms with Gasteiger partial charge in [0.1, 0.15) is 5.75 Å². The summed E-state index contributed by atoms with van der Waals surface area (Å²) in [5.41, 5.74) is 4.84. The summed E-state index contributed by atoms with van der Waals surface area (Å²) in [5, 5.41) is 12.4. The van der Waals surface area contributed by atoms with Crippen molar-refractivity contribution in [2.45, 2.75) is 20.8 Å². The number of hydrogen-bond donors (Lipinski definition) is 2. The lowest BCUT2D eigenvalue weighted by Crippen LogP contribution is -2.05. The van der Waals surface area contributed by atoms with Crippen LogP contribution in [0.5, 0.6) is 5.75 Å². The number of phenolic OH excluding ortho intramolecular Hbond substituents is 1. The van der Waals surface area contributed by atoms with Crippen LogP contribution in [0.15, 0.2) is 36.4 Å². The van der Waals surface area contributed by atoms with Crippen LogP contribution < -0.4 is 5.32 Å². The second kappa shape index (κ2) is 5.14. The molecule has 0 spiro atoms. The number of anilines is 1. The van der Waals surface area contributed by atoms with Gasteiger partial charge in [0.25, 0.3) is 0 Å². The Morgan fingerprint density at radius 2 is 1.53 bits per heavy atom. The fourth-order valence-electron chi connectivity index (χ4n) is 2.19. The predicted molar refractivity (Wildman–Crippen MR) is 77.3 cm³/mol. The van der Waals surface area contributed by atoms with Crippen molar-refractivity contribution < 1.29 is 9.90 Å². The van der Waals surface area contributed by atoms with E-state index in [4.69, 9.17) is 0 Å². The number of aromatic hydroxyl groups is 1. The highest BCUT2D eigenvalue weighted by atomic mass is 16.3. The molecule has 3 nitrogen and oxygen atoms in total. The van der Waals surface area contributed by atoms with E-state index in [-0.39, 0.29) is 11.7 Å². The van der Waals surface area contributed by atoms with Gasteiger partial charge < -0.3 is 10.4 Å². The predicted octanol–water partition coefficient (Wildman–Crippen LogP) is 3.63. The van der Waals surface area contributed by atoms with Crippen LogP contribution in [0.25, 0.3) is 11.1 Å². The molecular weight excluding hydrogens is 238 g/mol. The third kappa shape index (κ3) is 3.35. The van der Waals surface area contributed by atoms with Gasteiger partial charge in [0.15, 0.2) is 0 Å². The Morgan fingerprint density at radius 1 is 0.947 bits per heavy atom. The summed E-state index contributed by atoms with van der Waals surface area (Å²) >= 11 is 0. The van der Waals surface area contributed by atoms with Crippen molar-refractivity contribution in [3.63, 3.8) is 0 Å². The average molecular weight is 255 g/mol. The molecule has 98 valence electrons. The molecule has 1 amide bonds. The molecule has 0 saturated heterocycles. The number of carbonyl (C=O) groups is 1. The van der Waals surface area contributed by atoms with Crippen molar-refractivity contribution >= 4 is 11.6 Å². The van der Waals surface area contributed by atoms with E-state index in [1.807, 2.05) is 19.9 Å². The zero-order valence-corrected chi connectivity index (χ0v) is 11.3. The third-order valence-electron chi connectivity index (χ3n) is 2.79. The van der Waals surface area contributed by atoms with E-state index >= 15 is 0 Å². The molecule has 0 bridgehead atoms. The van der Waals surface area contributed by atoms with E-state index in [0.29, 0.717) is 5.69 Å². The van der Waals surface area contributed by atoms with Gasteiger partial charge in [-0.3, -0.25) is 4.79 Å². The molecule has 0 aliphatic carbocycles. The molecular formula is C16H17NO2. The SMILES string of the molecule is CC(=O)Nc1cc(O)cc(-c2cc(C)cc(C)c2)c1. The van der Waals surface area contributed by atoms with Gasteiger partial charge in [-0.1, -0.05) is 29.3 Å². The van der Waals surface area contributed by atoms with E-state index in [2.05, 4.69) is 23.5 Å². The van der Waals surface area contributed by atoms with Crippen LogP contribution in [-0.4, -0.2) is 11.0 Å². The minimum Gasteiger partial charge on any atom is -0.508 e. The summed E-state index contributed by atoms with van der Waals surface area (Å²) in [5.74, 6) is -0.0163. The number of carbonyl (C=O) groups excluding carboxylic acids is 1. The molecule has 0 aliphatic rings. The molecule has 0 saturated carbocycles. The Labute approximate surface area is 112 Å². The first-order valence-electron chi connectivity index (χ1n) is 6.14. The fourth-order valence-corrected chi connectivity index (χ4v) is 2.19. The van der Waals surface area contributed by atoms with E-state index < -0.39 is 0 Å². The van der Waals surface area contributed by atoms with Crippen LogP contribution in [0, 0.1) is 13.8 Å². The highest BCUT2D eigenvalue weighted by molar-refractivity contribution is 5.90. The van der Waals surface area contributed by atoms with E-state index in [1.54, 1.807) is 6.07 Å². The van der Waals surface area contributed by atoms with Crippen LogP contribution in [0.1, 0.15) is 18.1 Å². The third-order valence-corrected chi connectivity index (χ3v) is 2.79. The van der Waals surface area contributed by atoms with E-state index in [0.717, 1.165) is 11.1 Å². The van der Waals surface area contributed by atoms with Crippen molar-refractivity contribution in [3.05, 3.63) is 47.5 Å². The standard InChI is InChI=1S/C16H17NO2/c1-10-4-11(2)6-13(5-10)14-7-15(17-12(3)18)9-16(19)8-14/h4-9,19H,1-3H3,(H,17,18). The van der Waals surface area contributed by atoms with Gasteiger partial charge in [-0.05, 0) is 37.1 Å². The molecule has 2 aromatic rings. The molecule has 0 radical (unpaired) electrons. The first-order chi connectivity index (χ1) is 8.94. The highest BCUT2D eigenvalue weighted by Crippen LogP contribution is 2.29. The first kappa shape index (κ1) is 13.1. The lowest BCUT2D eigenvalue weighted by atomic mass is 10.00. The molecule has 2 aromatic carbocycles. The Hall–Kier alpha value is -2.29. The molecule has 2 N–H and O–H groups in total. The number of phenols is 1. The van der Waals surface area contributed by atoms with Crippen molar-refractivity contribution in [1.29, 1.82) is 0 Å². The minimum absolute atomic E-state index is 0.139. The maximum absolute atomic E-state index is 11.1. The summed E-state index contributed by atoms with van der Waals surface area (Å²) in [6, 6.07) is 11.3. The van der Waals surface area contributed by atoms with Crippen LogP contribution >= 0.6 is 0 Å². The number of aryl methyl sites for hydroxylation is 2. The zero-order chi connectivity index (χ0) is 14.0. The maximum Gasteiger partial charge on any atom is 0.221 e. The molecule has 2 rings (SSSR count). The fraction of sp³-hybridized carbons (Fsp3) is 0.188. The molecule has 19 heavy (non-hydrogen) atoms. The van der Waals surface area contributed by atoms with Gasteiger partial charge in [-0.25, -0.2) is 0 Å². The highest BCUT2D eigenvalue weighted by Gasteiger charge is 2.05. The lowest BCUT2D eigenvalue weighted by Gasteiger charge is -2.09. The average Bonchev–Trinajstić information content (AvgIpc) is 2.25. The van der Waals surface area contributed by atoms with Gasteiger partial charge in [-0.2, -0.15) is 0 Å². The maximum atomic E-state index is 11.1. The number of rotatable bonds is 2. The number of amides is 1. The van der Waals surface area contributed by atoms with Gasteiger partial charge >= 0.3 is 0 Å². The summed E-state index contributed by atoms with van der Waals surface area (Å²) in [6.45, 7) is 5.52. The topological polar surface area (TPSA) is 49.3 Å². The Bertz CT molecular complexity index is 612. The zero-order valence-electron chi connectivity index (χ0n) is 11.3. The molecule has 0 atom stereocenters. The molecule has 0 aliphatic heterocycles. The van der Waals surface area contributed by atoms with Crippen LogP contribution in [0.3, 0.4) is 0 Å². The number of benzene rings is 2. The van der Waals surface area contributed by atoms with Crippen molar-refractivity contribution in [1.82, 2.24) is 0 Å². The van der Waals surface area contributed by atoms with Gasteiger partial charge in [0.05, 0.1) is 0 Å². The van der Waals surface area contributed by atoms with Crippen LogP contribution in [-0.2, 0) is 4.79 Å². The number of nitrogens with one attached hydrogen (secondary N) is 1. The monoisotopic (exact) mass is 255 g/mol. The normalized spacial score (nSPS) is 10.3. The Kier molecular flexibility index (Phi) is 3.56. The molecule has 3 heteroatoms. The van der Waals surface area contributed by atoms with E-state index in [9.17, 15) is 9.90 Å². The smallest absolute Gasteiger partial charge is 0.221 e. The number of hydrogen-bond acceptors (Lipinski definition) is 2. The van der Waals surface area contributed by atoms with Gasteiger partial charge in [-0.15, -0.1) is 0 Å². The largest absolute Gasteiger partial charge is 0.508 e.